The largest absolute Gasteiger partial charge is 0.348 e. The van der Waals surface area contributed by atoms with Crippen LogP contribution in [0.3, 0.4) is 0 Å². The highest BCUT2D eigenvalue weighted by Gasteiger charge is 2.24. The van der Waals surface area contributed by atoms with Crippen LogP contribution in [-0.2, 0) is 0 Å². The summed E-state index contributed by atoms with van der Waals surface area (Å²) >= 11 is 1.79. The Morgan fingerprint density at radius 2 is 1.85 bits per heavy atom. The van der Waals surface area contributed by atoms with Gasteiger partial charge in [0.1, 0.15) is 5.65 Å². The highest BCUT2D eigenvalue weighted by Crippen LogP contribution is 2.36. The van der Waals surface area contributed by atoms with Crippen molar-refractivity contribution in [2.45, 2.75) is 18.8 Å². The molecular formula is C21H20N4S. The molecule has 3 aromatic heterocycles. The molecule has 5 heteroatoms. The van der Waals surface area contributed by atoms with Crippen LogP contribution in [0, 0.1) is 0 Å². The molecular weight excluding hydrogens is 340 g/mol. The Hall–Kier alpha value is -2.66. The Morgan fingerprint density at radius 1 is 1.00 bits per heavy atom. The lowest BCUT2D eigenvalue weighted by Gasteiger charge is -2.31. The first kappa shape index (κ1) is 15.6. The number of pyridine rings is 1. The molecule has 0 spiro atoms. The molecule has 1 aliphatic heterocycles. The van der Waals surface area contributed by atoms with Crippen LogP contribution in [0.4, 0.5) is 5.13 Å². The van der Waals surface area contributed by atoms with Gasteiger partial charge in [0, 0.05) is 37.1 Å². The predicted molar refractivity (Wildman–Crippen MR) is 108 cm³/mol. The second-order valence-electron chi connectivity index (χ2n) is 6.78. The van der Waals surface area contributed by atoms with E-state index >= 15 is 0 Å². The van der Waals surface area contributed by atoms with E-state index in [1.54, 1.807) is 11.3 Å². The van der Waals surface area contributed by atoms with Gasteiger partial charge in [0.2, 0.25) is 0 Å². The Balaban J connectivity index is 1.31. The van der Waals surface area contributed by atoms with Gasteiger partial charge in [0.15, 0.2) is 5.13 Å². The van der Waals surface area contributed by atoms with Gasteiger partial charge in [-0.3, -0.25) is 0 Å². The highest BCUT2D eigenvalue weighted by atomic mass is 32.1. The molecule has 130 valence electrons. The number of benzene rings is 1. The third kappa shape index (κ3) is 2.78. The molecule has 1 N–H and O–H groups in total. The molecule has 4 aromatic rings. The zero-order valence-electron chi connectivity index (χ0n) is 14.4. The van der Waals surface area contributed by atoms with Crippen molar-refractivity contribution in [3.05, 3.63) is 66.6 Å². The third-order valence-electron chi connectivity index (χ3n) is 5.24. The molecule has 1 aromatic carbocycles. The number of aromatic amines is 1. The summed E-state index contributed by atoms with van der Waals surface area (Å²) in [7, 11) is 0. The fourth-order valence-electron chi connectivity index (χ4n) is 3.84. The summed E-state index contributed by atoms with van der Waals surface area (Å²) in [5.41, 5.74) is 3.66. The van der Waals surface area contributed by atoms with Gasteiger partial charge in [0.05, 0.1) is 4.88 Å². The van der Waals surface area contributed by atoms with Crippen LogP contribution in [-0.4, -0.2) is 28.0 Å². The van der Waals surface area contributed by atoms with E-state index < -0.39 is 0 Å². The van der Waals surface area contributed by atoms with Crippen LogP contribution in [0.15, 0.2) is 61.1 Å². The second-order valence-corrected chi connectivity index (χ2v) is 7.79. The Bertz CT molecular complexity index is 1010. The van der Waals surface area contributed by atoms with Crippen molar-refractivity contribution in [3.63, 3.8) is 0 Å². The van der Waals surface area contributed by atoms with Gasteiger partial charge < -0.3 is 9.88 Å². The zero-order valence-corrected chi connectivity index (χ0v) is 15.2. The van der Waals surface area contributed by atoms with E-state index in [9.17, 15) is 0 Å². The van der Waals surface area contributed by atoms with Gasteiger partial charge >= 0.3 is 0 Å². The maximum absolute atomic E-state index is 4.68. The maximum Gasteiger partial charge on any atom is 0.185 e. The van der Waals surface area contributed by atoms with E-state index in [1.807, 2.05) is 18.5 Å². The average molecular weight is 360 g/mol. The van der Waals surface area contributed by atoms with Crippen LogP contribution in [0.1, 0.15) is 24.3 Å². The number of rotatable bonds is 3. The second kappa shape index (κ2) is 6.57. The number of thiazole rings is 1. The molecule has 1 fully saturated rings. The number of aromatic nitrogens is 3. The number of fused-ring (bicyclic) bond motifs is 1. The first-order chi connectivity index (χ1) is 12.9. The first-order valence-electron chi connectivity index (χ1n) is 9.07. The Labute approximate surface area is 156 Å². The summed E-state index contributed by atoms with van der Waals surface area (Å²) < 4.78 is 0. The molecule has 5 rings (SSSR count). The maximum atomic E-state index is 4.68. The fourth-order valence-corrected chi connectivity index (χ4v) is 4.82. The lowest BCUT2D eigenvalue weighted by atomic mass is 9.90. The van der Waals surface area contributed by atoms with Crippen molar-refractivity contribution in [2.75, 3.05) is 18.0 Å². The van der Waals surface area contributed by atoms with Gasteiger partial charge in [-0.2, -0.15) is 0 Å². The van der Waals surface area contributed by atoms with Crippen LogP contribution in [0.25, 0.3) is 21.5 Å². The van der Waals surface area contributed by atoms with Crippen LogP contribution < -0.4 is 4.90 Å². The van der Waals surface area contributed by atoms with Crippen molar-refractivity contribution in [2.24, 2.45) is 0 Å². The monoisotopic (exact) mass is 360 g/mol. The van der Waals surface area contributed by atoms with Gasteiger partial charge in [-0.15, -0.1) is 0 Å². The number of nitrogens with zero attached hydrogens (tertiary/aromatic N) is 3. The van der Waals surface area contributed by atoms with Crippen LogP contribution in [0.5, 0.6) is 0 Å². The molecule has 4 nitrogen and oxygen atoms in total. The molecule has 0 unspecified atom stereocenters. The number of anilines is 1. The van der Waals surface area contributed by atoms with E-state index in [4.69, 9.17) is 0 Å². The zero-order chi connectivity index (χ0) is 17.3. The lowest BCUT2D eigenvalue weighted by Crippen LogP contribution is -2.32. The molecule has 26 heavy (non-hydrogen) atoms. The smallest absolute Gasteiger partial charge is 0.185 e. The van der Waals surface area contributed by atoms with Gasteiger partial charge in [-0.1, -0.05) is 41.7 Å². The van der Waals surface area contributed by atoms with Gasteiger partial charge in [0.25, 0.3) is 0 Å². The number of hydrogen-bond acceptors (Lipinski definition) is 4. The topological polar surface area (TPSA) is 44.8 Å². The molecule has 1 saturated heterocycles. The summed E-state index contributed by atoms with van der Waals surface area (Å²) in [6.07, 6.45) is 8.31. The molecule has 0 atom stereocenters. The normalized spacial score (nSPS) is 15.6. The van der Waals surface area contributed by atoms with Gasteiger partial charge in [-0.05, 0) is 42.0 Å². The average Bonchev–Trinajstić information content (AvgIpc) is 3.36. The molecule has 0 amide bonds. The standard InChI is InChI=1S/C21H20N4S/c1-2-5-16(6-3-1)19-14-24-21(26-19)25-11-8-15(9-12-25)18-13-23-20-17(18)7-4-10-22-20/h1-7,10,13-15H,8-9,11-12H2,(H,22,23). The van der Waals surface area contributed by atoms with Gasteiger partial charge in [-0.25, -0.2) is 9.97 Å². The summed E-state index contributed by atoms with van der Waals surface area (Å²) in [6, 6.07) is 14.7. The van der Waals surface area contributed by atoms with E-state index in [0.29, 0.717) is 5.92 Å². The molecule has 4 heterocycles. The molecule has 0 radical (unpaired) electrons. The summed E-state index contributed by atoms with van der Waals surface area (Å²) in [5.74, 6) is 0.595. The minimum absolute atomic E-state index is 0.595. The predicted octanol–water partition coefficient (Wildman–Crippen LogP) is 5.07. The van der Waals surface area contributed by atoms with E-state index in [1.165, 1.54) is 21.4 Å². The number of H-pyrrole nitrogens is 1. The van der Waals surface area contributed by atoms with Crippen molar-refractivity contribution in [1.29, 1.82) is 0 Å². The number of hydrogen-bond donors (Lipinski definition) is 1. The molecule has 1 aliphatic rings. The Morgan fingerprint density at radius 3 is 2.69 bits per heavy atom. The van der Waals surface area contributed by atoms with Crippen molar-refractivity contribution in [1.82, 2.24) is 15.0 Å². The van der Waals surface area contributed by atoms with E-state index in [0.717, 1.165) is 36.7 Å². The van der Waals surface area contributed by atoms with Crippen LogP contribution in [0.2, 0.25) is 0 Å². The highest BCUT2D eigenvalue weighted by molar-refractivity contribution is 7.18. The molecule has 0 saturated carbocycles. The van der Waals surface area contributed by atoms with Crippen molar-refractivity contribution in [3.8, 4) is 10.4 Å². The summed E-state index contributed by atoms with van der Waals surface area (Å²) in [4.78, 5) is 16.1. The SMILES string of the molecule is c1ccc(-c2cnc(N3CCC(c4c[nH]c5ncccc45)CC3)s2)cc1. The Kier molecular flexibility index (Phi) is 3.94. The van der Waals surface area contributed by atoms with Crippen molar-refractivity contribution >= 4 is 27.5 Å². The quantitative estimate of drug-likeness (QED) is 0.555. The fraction of sp³-hybridized carbons (Fsp3) is 0.238. The summed E-state index contributed by atoms with van der Waals surface area (Å²) in [6.45, 7) is 2.11. The van der Waals surface area contributed by atoms with E-state index in [-0.39, 0.29) is 0 Å². The molecule has 0 bridgehead atoms. The number of nitrogens with one attached hydrogen (secondary N) is 1. The van der Waals surface area contributed by atoms with Crippen molar-refractivity contribution < 1.29 is 0 Å². The molecule has 0 aliphatic carbocycles. The lowest BCUT2D eigenvalue weighted by molar-refractivity contribution is 0.507. The summed E-state index contributed by atoms with van der Waals surface area (Å²) in [5, 5.41) is 2.41. The van der Waals surface area contributed by atoms with E-state index in [2.05, 4.69) is 62.4 Å². The first-order valence-corrected chi connectivity index (χ1v) is 9.88. The minimum Gasteiger partial charge on any atom is -0.348 e. The minimum atomic E-state index is 0.595. The van der Waals surface area contributed by atoms with Crippen LogP contribution >= 0.6 is 11.3 Å². The number of piperidine rings is 1. The third-order valence-corrected chi connectivity index (χ3v) is 6.35.